The Morgan fingerprint density at radius 1 is 0.892 bits per heavy atom. The van der Waals surface area contributed by atoms with Gasteiger partial charge in [-0.3, -0.25) is 0 Å². The van der Waals surface area contributed by atoms with E-state index in [0.717, 1.165) is 12.0 Å². The molecule has 37 heavy (non-hydrogen) atoms. The van der Waals surface area contributed by atoms with Crippen molar-refractivity contribution in [3.05, 3.63) is 88.7 Å². The van der Waals surface area contributed by atoms with Crippen LogP contribution in [-0.4, -0.2) is 17.8 Å². The van der Waals surface area contributed by atoms with Crippen molar-refractivity contribution in [2.24, 2.45) is 0 Å². The van der Waals surface area contributed by atoms with Gasteiger partial charge in [0.2, 0.25) is 0 Å². The topological polar surface area (TPSA) is 38.7 Å². The molecule has 1 aliphatic carbocycles. The number of aliphatic hydroxyl groups is 1. The Kier molecular flexibility index (Phi) is 9.28. The molecular formula is C31H35F3O3. The number of halogens is 3. The first-order chi connectivity index (χ1) is 17.9. The van der Waals surface area contributed by atoms with Gasteiger partial charge in [-0.25, -0.2) is 13.2 Å². The van der Waals surface area contributed by atoms with Crippen molar-refractivity contribution in [3.63, 3.8) is 0 Å². The summed E-state index contributed by atoms with van der Waals surface area (Å²) in [5.74, 6) is -1.59. The predicted molar refractivity (Wildman–Crippen MR) is 139 cm³/mol. The molecule has 4 rings (SSSR count). The summed E-state index contributed by atoms with van der Waals surface area (Å²) in [5.41, 5.74) is 2.43. The zero-order valence-electron chi connectivity index (χ0n) is 21.5. The molecule has 0 saturated heterocycles. The monoisotopic (exact) mass is 512 g/mol. The van der Waals surface area contributed by atoms with Crippen LogP contribution in [0.2, 0.25) is 0 Å². The molecule has 198 valence electrons. The van der Waals surface area contributed by atoms with Gasteiger partial charge in [0.1, 0.15) is 11.6 Å². The highest BCUT2D eigenvalue weighted by Crippen LogP contribution is 2.38. The van der Waals surface area contributed by atoms with E-state index in [1.807, 2.05) is 13.8 Å². The summed E-state index contributed by atoms with van der Waals surface area (Å²) in [5, 5.41) is 10.1. The minimum Gasteiger partial charge on any atom is -0.494 e. The molecule has 0 heterocycles. The van der Waals surface area contributed by atoms with E-state index < -0.39 is 17.7 Å². The van der Waals surface area contributed by atoms with Crippen molar-refractivity contribution in [1.82, 2.24) is 0 Å². The lowest BCUT2D eigenvalue weighted by Crippen LogP contribution is -2.21. The molecule has 1 atom stereocenters. The van der Waals surface area contributed by atoms with E-state index in [1.165, 1.54) is 6.07 Å². The second-order valence-corrected chi connectivity index (χ2v) is 9.73. The van der Waals surface area contributed by atoms with E-state index in [4.69, 9.17) is 9.47 Å². The van der Waals surface area contributed by atoms with Crippen LogP contribution < -0.4 is 4.74 Å². The molecule has 1 aliphatic rings. The molecule has 3 nitrogen and oxygen atoms in total. The Labute approximate surface area is 217 Å². The number of aliphatic hydroxyl groups excluding tert-OH is 1. The van der Waals surface area contributed by atoms with Crippen molar-refractivity contribution in [2.75, 3.05) is 6.61 Å². The van der Waals surface area contributed by atoms with Crippen LogP contribution in [0.5, 0.6) is 5.75 Å². The molecule has 1 N–H and O–H groups in total. The Morgan fingerprint density at radius 2 is 1.62 bits per heavy atom. The van der Waals surface area contributed by atoms with Gasteiger partial charge in [-0.15, -0.1) is 0 Å². The van der Waals surface area contributed by atoms with E-state index in [9.17, 15) is 9.50 Å². The molecule has 1 unspecified atom stereocenters. The van der Waals surface area contributed by atoms with E-state index in [-0.39, 0.29) is 30.0 Å². The molecule has 1 saturated carbocycles. The van der Waals surface area contributed by atoms with Crippen LogP contribution in [-0.2, 0) is 11.3 Å². The molecule has 0 radical (unpaired) electrons. The van der Waals surface area contributed by atoms with Crippen LogP contribution in [0.1, 0.15) is 81.1 Å². The van der Waals surface area contributed by atoms with Crippen LogP contribution >= 0.6 is 0 Å². The highest BCUT2D eigenvalue weighted by Gasteiger charge is 2.27. The quantitative estimate of drug-likeness (QED) is 0.297. The maximum Gasteiger partial charge on any atom is 0.166 e. The Bertz CT molecular complexity index is 1170. The lowest BCUT2D eigenvalue weighted by atomic mass is 9.82. The number of benzene rings is 3. The third kappa shape index (κ3) is 6.55. The van der Waals surface area contributed by atoms with E-state index in [2.05, 4.69) is 0 Å². The summed E-state index contributed by atoms with van der Waals surface area (Å²) in [6.45, 7) is 4.49. The Morgan fingerprint density at radius 3 is 2.27 bits per heavy atom. The van der Waals surface area contributed by atoms with Crippen LogP contribution in [0.15, 0.2) is 54.6 Å². The van der Waals surface area contributed by atoms with Crippen molar-refractivity contribution in [1.29, 1.82) is 0 Å². The van der Waals surface area contributed by atoms with Crippen molar-refractivity contribution >= 4 is 0 Å². The average Bonchev–Trinajstić information content (AvgIpc) is 2.91. The lowest BCUT2D eigenvalue weighted by Gasteiger charge is -2.29. The minimum atomic E-state index is -0.844. The van der Waals surface area contributed by atoms with Crippen molar-refractivity contribution in [3.8, 4) is 16.9 Å². The van der Waals surface area contributed by atoms with Gasteiger partial charge in [-0.2, -0.15) is 0 Å². The molecule has 0 amide bonds. The fourth-order valence-electron chi connectivity index (χ4n) is 5.08. The van der Waals surface area contributed by atoms with Crippen LogP contribution in [0.4, 0.5) is 13.2 Å². The zero-order chi connectivity index (χ0) is 26.4. The van der Waals surface area contributed by atoms with E-state index in [0.29, 0.717) is 61.2 Å². The predicted octanol–water partition coefficient (Wildman–Crippen LogP) is 8.25. The molecule has 1 fully saturated rings. The maximum absolute atomic E-state index is 15.1. The largest absolute Gasteiger partial charge is 0.494 e. The SMILES string of the molecule is CCCC(O)c1ccc(-c2ccc(C3CCC(OCc4ccc(OCC)cc4F)CC3)c(F)c2F)cc1. The molecule has 0 spiro atoms. The summed E-state index contributed by atoms with van der Waals surface area (Å²) in [4.78, 5) is 0. The molecule has 0 aromatic heterocycles. The fraction of sp³-hybridized carbons (Fsp3) is 0.419. The molecule has 3 aromatic rings. The highest BCUT2D eigenvalue weighted by molar-refractivity contribution is 5.65. The summed E-state index contributed by atoms with van der Waals surface area (Å²) < 4.78 is 55.8. The zero-order valence-corrected chi connectivity index (χ0v) is 21.5. The molecular weight excluding hydrogens is 477 g/mol. The van der Waals surface area contributed by atoms with Gasteiger partial charge in [0, 0.05) is 17.2 Å². The maximum atomic E-state index is 15.1. The van der Waals surface area contributed by atoms with Gasteiger partial charge in [-0.1, -0.05) is 55.8 Å². The van der Waals surface area contributed by atoms with Gasteiger partial charge < -0.3 is 14.6 Å². The van der Waals surface area contributed by atoms with E-state index in [1.54, 1.807) is 48.5 Å². The first-order valence-corrected chi connectivity index (χ1v) is 13.2. The highest BCUT2D eigenvalue weighted by atomic mass is 19.2. The van der Waals surface area contributed by atoms with Gasteiger partial charge in [0.25, 0.3) is 0 Å². The standard InChI is InChI=1S/C31H35F3O3/c1-3-5-29(35)22-8-6-20(7-9-22)26-16-17-27(31(34)30(26)33)21-10-13-24(14-11-21)37-19-23-12-15-25(36-4-2)18-28(23)32/h6-9,12,15-18,21,24,29,35H,3-5,10-11,13-14,19H2,1-2H3. The summed E-state index contributed by atoms with van der Waals surface area (Å²) in [6.07, 6.45) is 3.67. The Balaban J connectivity index is 1.36. The second kappa shape index (κ2) is 12.6. The molecule has 0 aliphatic heterocycles. The number of ether oxygens (including phenoxy) is 2. The van der Waals surface area contributed by atoms with Gasteiger partial charge in [0.05, 0.1) is 25.4 Å². The number of hydrogen-bond donors (Lipinski definition) is 1. The fourth-order valence-corrected chi connectivity index (χ4v) is 5.08. The minimum absolute atomic E-state index is 0.0454. The molecule has 6 heteroatoms. The first-order valence-electron chi connectivity index (χ1n) is 13.2. The van der Waals surface area contributed by atoms with Gasteiger partial charge >= 0.3 is 0 Å². The van der Waals surface area contributed by atoms with Crippen LogP contribution in [0.25, 0.3) is 11.1 Å². The van der Waals surface area contributed by atoms with Crippen molar-refractivity contribution in [2.45, 2.75) is 77.1 Å². The summed E-state index contributed by atoms with van der Waals surface area (Å²) >= 11 is 0. The smallest absolute Gasteiger partial charge is 0.166 e. The third-order valence-electron chi connectivity index (χ3n) is 7.20. The average molecular weight is 513 g/mol. The summed E-state index contributed by atoms with van der Waals surface area (Å²) in [7, 11) is 0. The van der Waals surface area contributed by atoms with Crippen molar-refractivity contribution < 1.29 is 27.8 Å². The lowest BCUT2D eigenvalue weighted by molar-refractivity contribution is 0.0118. The van der Waals surface area contributed by atoms with E-state index >= 15 is 8.78 Å². The normalized spacial score (nSPS) is 18.5. The molecule has 0 bridgehead atoms. The number of hydrogen-bond acceptors (Lipinski definition) is 3. The summed E-state index contributed by atoms with van der Waals surface area (Å²) in [6, 6.07) is 15.1. The molecule has 3 aromatic carbocycles. The van der Waals surface area contributed by atoms with Gasteiger partial charge in [0.15, 0.2) is 11.6 Å². The number of rotatable bonds is 10. The van der Waals surface area contributed by atoms with Crippen LogP contribution in [0, 0.1) is 17.5 Å². The third-order valence-corrected chi connectivity index (χ3v) is 7.20. The first kappa shape index (κ1) is 27.2. The Hall–Kier alpha value is -2.83. The van der Waals surface area contributed by atoms with Gasteiger partial charge in [-0.05, 0) is 67.7 Å². The van der Waals surface area contributed by atoms with Crippen LogP contribution in [0.3, 0.4) is 0 Å². The second-order valence-electron chi connectivity index (χ2n) is 9.73.